The van der Waals surface area contributed by atoms with Crippen LogP contribution >= 0.6 is 0 Å². The Kier molecular flexibility index (Phi) is 7.02. The van der Waals surface area contributed by atoms with Crippen molar-refractivity contribution in [1.29, 1.82) is 0 Å². The molecule has 0 heterocycles. The van der Waals surface area contributed by atoms with E-state index in [1.807, 2.05) is 76.3 Å². The maximum absolute atomic E-state index is 12.8. The maximum atomic E-state index is 12.8. The fraction of sp³-hybridized carbons (Fsp3) is 0.381. The summed E-state index contributed by atoms with van der Waals surface area (Å²) in [6.07, 6.45) is 0.120. The third-order valence-corrected chi connectivity index (χ3v) is 3.79. The Balaban J connectivity index is 2.16. The number of carbonyl (C=O) groups excluding carboxylic acids is 1. The van der Waals surface area contributed by atoms with Gasteiger partial charge in [0.25, 0.3) is 5.91 Å². The van der Waals surface area contributed by atoms with Crippen molar-refractivity contribution in [1.82, 2.24) is 4.90 Å². The molecule has 0 saturated carbocycles. The van der Waals surface area contributed by atoms with Gasteiger partial charge in [-0.1, -0.05) is 30.3 Å². The Morgan fingerprint density at radius 2 is 1.84 bits per heavy atom. The molecule has 134 valence electrons. The zero-order valence-corrected chi connectivity index (χ0v) is 15.5. The van der Waals surface area contributed by atoms with E-state index in [1.165, 1.54) is 0 Å². The number of ether oxygens (including phenoxy) is 2. The Hall–Kier alpha value is -2.33. The third kappa shape index (κ3) is 5.61. The van der Waals surface area contributed by atoms with Crippen LogP contribution in [0.25, 0.3) is 0 Å². The van der Waals surface area contributed by atoms with E-state index in [4.69, 9.17) is 9.47 Å². The lowest BCUT2D eigenvalue weighted by atomic mass is 10.1. The second kappa shape index (κ2) is 9.23. The fourth-order valence-corrected chi connectivity index (χ4v) is 2.53. The van der Waals surface area contributed by atoms with Crippen LogP contribution in [-0.2, 0) is 17.9 Å². The third-order valence-electron chi connectivity index (χ3n) is 3.79. The van der Waals surface area contributed by atoms with Gasteiger partial charge in [-0.2, -0.15) is 0 Å². The van der Waals surface area contributed by atoms with Gasteiger partial charge >= 0.3 is 0 Å². The summed E-state index contributed by atoms with van der Waals surface area (Å²) < 4.78 is 11.4. The zero-order valence-electron chi connectivity index (χ0n) is 15.5. The lowest BCUT2D eigenvalue weighted by Gasteiger charge is -2.19. The van der Waals surface area contributed by atoms with Crippen molar-refractivity contribution in [2.45, 2.75) is 40.0 Å². The van der Waals surface area contributed by atoms with Gasteiger partial charge in [0.1, 0.15) is 5.75 Å². The minimum atomic E-state index is -0.0160. The van der Waals surface area contributed by atoms with Crippen LogP contribution in [-0.4, -0.2) is 30.6 Å². The average Bonchev–Trinajstić information content (AvgIpc) is 2.61. The quantitative estimate of drug-likeness (QED) is 0.719. The molecule has 0 aliphatic carbocycles. The van der Waals surface area contributed by atoms with Crippen molar-refractivity contribution in [3.63, 3.8) is 0 Å². The summed E-state index contributed by atoms with van der Waals surface area (Å²) >= 11 is 0. The van der Waals surface area contributed by atoms with Crippen LogP contribution in [0.4, 0.5) is 0 Å². The van der Waals surface area contributed by atoms with Crippen molar-refractivity contribution in [2.24, 2.45) is 0 Å². The van der Waals surface area contributed by atoms with Crippen molar-refractivity contribution < 1.29 is 14.3 Å². The van der Waals surface area contributed by atoms with E-state index in [1.54, 1.807) is 4.90 Å². The van der Waals surface area contributed by atoms with Crippen molar-refractivity contribution >= 4 is 5.91 Å². The number of hydrogen-bond donors (Lipinski definition) is 0. The van der Waals surface area contributed by atoms with Gasteiger partial charge in [-0.05, 0) is 44.5 Å². The molecular formula is C21H27NO3. The number of carbonyl (C=O) groups is 1. The highest BCUT2D eigenvalue weighted by Gasteiger charge is 2.15. The molecule has 0 radical (unpaired) electrons. The zero-order chi connectivity index (χ0) is 18.2. The molecule has 0 atom stereocenters. The van der Waals surface area contributed by atoms with E-state index in [0.717, 1.165) is 16.9 Å². The van der Waals surface area contributed by atoms with Gasteiger partial charge in [0, 0.05) is 24.7 Å². The number of nitrogens with zero attached hydrogens (tertiary/aromatic N) is 1. The van der Waals surface area contributed by atoms with Crippen LogP contribution in [0.2, 0.25) is 0 Å². The number of hydrogen-bond acceptors (Lipinski definition) is 3. The SMILES string of the molecule is CCOc1ccc(C(=O)N(C)Cc2ccccc2)cc1COC(C)C. The molecule has 25 heavy (non-hydrogen) atoms. The number of benzene rings is 2. The number of rotatable bonds is 8. The first kappa shape index (κ1) is 19.0. The summed E-state index contributed by atoms with van der Waals surface area (Å²) in [7, 11) is 1.82. The fourth-order valence-electron chi connectivity index (χ4n) is 2.53. The standard InChI is InChI=1S/C21H27NO3/c1-5-24-20-12-11-18(13-19(20)15-25-16(2)3)21(23)22(4)14-17-9-7-6-8-10-17/h6-13,16H,5,14-15H2,1-4H3. The van der Waals surface area contributed by atoms with Crippen molar-refractivity contribution in [3.8, 4) is 5.75 Å². The van der Waals surface area contributed by atoms with E-state index < -0.39 is 0 Å². The Morgan fingerprint density at radius 1 is 1.12 bits per heavy atom. The highest BCUT2D eigenvalue weighted by molar-refractivity contribution is 5.94. The summed E-state index contributed by atoms with van der Waals surface area (Å²) in [4.78, 5) is 14.5. The van der Waals surface area contributed by atoms with E-state index in [0.29, 0.717) is 25.3 Å². The molecule has 0 unspecified atom stereocenters. The van der Waals surface area contributed by atoms with E-state index in [2.05, 4.69) is 0 Å². The van der Waals surface area contributed by atoms with Crippen LogP contribution in [0.5, 0.6) is 5.75 Å². The highest BCUT2D eigenvalue weighted by Crippen LogP contribution is 2.23. The Morgan fingerprint density at radius 3 is 2.48 bits per heavy atom. The van der Waals surface area contributed by atoms with Gasteiger partial charge in [-0.3, -0.25) is 4.79 Å². The molecule has 0 fully saturated rings. The minimum Gasteiger partial charge on any atom is -0.494 e. The van der Waals surface area contributed by atoms with Crippen molar-refractivity contribution in [2.75, 3.05) is 13.7 Å². The first-order valence-electron chi connectivity index (χ1n) is 8.68. The van der Waals surface area contributed by atoms with Crippen LogP contribution in [0.3, 0.4) is 0 Å². The van der Waals surface area contributed by atoms with E-state index in [-0.39, 0.29) is 12.0 Å². The summed E-state index contributed by atoms with van der Waals surface area (Å²) in [6.45, 7) is 7.50. The molecule has 2 aromatic carbocycles. The minimum absolute atomic E-state index is 0.0160. The molecule has 0 aliphatic rings. The number of amides is 1. The molecule has 1 amide bonds. The largest absolute Gasteiger partial charge is 0.494 e. The van der Waals surface area contributed by atoms with Crippen LogP contribution in [0, 0.1) is 0 Å². The van der Waals surface area contributed by atoms with Gasteiger partial charge in [0.15, 0.2) is 0 Å². The normalized spacial score (nSPS) is 10.8. The summed E-state index contributed by atoms with van der Waals surface area (Å²) in [5.74, 6) is 0.753. The predicted molar refractivity (Wildman–Crippen MR) is 99.8 cm³/mol. The van der Waals surface area contributed by atoms with Gasteiger partial charge < -0.3 is 14.4 Å². The summed E-state index contributed by atoms with van der Waals surface area (Å²) in [6, 6.07) is 15.5. The van der Waals surface area contributed by atoms with Gasteiger partial charge in [0.2, 0.25) is 0 Å². The first-order valence-corrected chi connectivity index (χ1v) is 8.68. The molecular weight excluding hydrogens is 314 g/mol. The summed E-state index contributed by atoms with van der Waals surface area (Å²) in [5, 5.41) is 0. The predicted octanol–water partition coefficient (Wildman–Crippen LogP) is 4.28. The topological polar surface area (TPSA) is 38.8 Å². The van der Waals surface area contributed by atoms with E-state index >= 15 is 0 Å². The molecule has 0 saturated heterocycles. The Labute approximate surface area is 150 Å². The molecule has 0 aliphatic heterocycles. The lowest BCUT2D eigenvalue weighted by Crippen LogP contribution is -2.26. The highest BCUT2D eigenvalue weighted by atomic mass is 16.5. The first-order chi connectivity index (χ1) is 12.0. The maximum Gasteiger partial charge on any atom is 0.253 e. The summed E-state index contributed by atoms with van der Waals surface area (Å²) in [5.41, 5.74) is 2.64. The second-order valence-corrected chi connectivity index (χ2v) is 6.26. The lowest BCUT2D eigenvalue weighted by molar-refractivity contribution is 0.0640. The molecule has 2 rings (SSSR count). The average molecular weight is 341 g/mol. The van der Waals surface area contributed by atoms with Crippen LogP contribution in [0.1, 0.15) is 42.3 Å². The molecule has 4 nitrogen and oxygen atoms in total. The van der Waals surface area contributed by atoms with Gasteiger partial charge in [-0.15, -0.1) is 0 Å². The molecule has 0 bridgehead atoms. The van der Waals surface area contributed by atoms with E-state index in [9.17, 15) is 4.79 Å². The second-order valence-electron chi connectivity index (χ2n) is 6.26. The molecule has 2 aromatic rings. The molecule has 4 heteroatoms. The monoisotopic (exact) mass is 341 g/mol. The molecule has 0 N–H and O–H groups in total. The van der Waals surface area contributed by atoms with Gasteiger partial charge in [-0.25, -0.2) is 0 Å². The van der Waals surface area contributed by atoms with Crippen LogP contribution < -0.4 is 4.74 Å². The van der Waals surface area contributed by atoms with Crippen molar-refractivity contribution in [3.05, 3.63) is 65.2 Å². The molecule has 0 spiro atoms. The Bertz CT molecular complexity index is 683. The smallest absolute Gasteiger partial charge is 0.253 e. The molecule has 0 aromatic heterocycles. The van der Waals surface area contributed by atoms with Gasteiger partial charge in [0.05, 0.1) is 19.3 Å². The van der Waals surface area contributed by atoms with Crippen LogP contribution in [0.15, 0.2) is 48.5 Å².